The third-order valence-corrected chi connectivity index (χ3v) is 3.80. The second kappa shape index (κ2) is 5.83. The van der Waals surface area contributed by atoms with Crippen LogP contribution in [0, 0.1) is 6.92 Å². The van der Waals surface area contributed by atoms with E-state index in [2.05, 4.69) is 67.2 Å². The molecule has 0 radical (unpaired) electrons. The van der Waals surface area contributed by atoms with E-state index >= 15 is 0 Å². The fraction of sp³-hybridized carbons (Fsp3) is 0.375. The summed E-state index contributed by atoms with van der Waals surface area (Å²) < 4.78 is 0. The van der Waals surface area contributed by atoms with E-state index in [-0.39, 0.29) is 5.41 Å². The molecule has 0 spiro atoms. The lowest BCUT2D eigenvalue weighted by Crippen LogP contribution is -2.17. The van der Waals surface area contributed by atoms with E-state index in [1.165, 1.54) is 10.5 Å². The zero-order valence-electron chi connectivity index (χ0n) is 12.7. The minimum Gasteiger partial charge on any atom is -0.373 e. The Morgan fingerprint density at radius 2 is 1.70 bits per heavy atom. The molecule has 0 aliphatic rings. The van der Waals surface area contributed by atoms with Crippen molar-refractivity contribution in [1.82, 2.24) is 9.97 Å². The second-order valence-corrected chi connectivity index (χ2v) is 6.92. The van der Waals surface area contributed by atoms with Gasteiger partial charge in [0.25, 0.3) is 0 Å². The second-order valence-electron chi connectivity index (χ2n) is 5.83. The van der Waals surface area contributed by atoms with Gasteiger partial charge in [0.2, 0.25) is 0 Å². The summed E-state index contributed by atoms with van der Waals surface area (Å²) in [5, 5.41) is 4.08. The van der Waals surface area contributed by atoms with Gasteiger partial charge in [-0.05, 0) is 19.1 Å². The van der Waals surface area contributed by atoms with Crippen LogP contribution >= 0.6 is 11.8 Å². The molecule has 0 bridgehead atoms. The summed E-state index contributed by atoms with van der Waals surface area (Å²) >= 11 is 1.66. The molecular weight excluding hydrogens is 266 g/mol. The average Bonchev–Trinajstić information content (AvgIpc) is 2.40. The van der Waals surface area contributed by atoms with Crippen LogP contribution in [0.2, 0.25) is 0 Å². The van der Waals surface area contributed by atoms with Gasteiger partial charge >= 0.3 is 0 Å². The molecule has 0 aliphatic heterocycles. The summed E-state index contributed by atoms with van der Waals surface area (Å²) in [5.74, 6) is 1.72. The Labute approximate surface area is 125 Å². The Morgan fingerprint density at radius 3 is 2.25 bits per heavy atom. The lowest BCUT2D eigenvalue weighted by Gasteiger charge is -2.18. The molecular formula is C16H21N3S. The molecule has 1 heterocycles. The van der Waals surface area contributed by atoms with Gasteiger partial charge in [0.1, 0.15) is 16.7 Å². The summed E-state index contributed by atoms with van der Waals surface area (Å²) in [6, 6.07) is 10.5. The normalized spacial score (nSPS) is 11.4. The number of hydrogen-bond acceptors (Lipinski definition) is 4. The maximum Gasteiger partial charge on any atom is 0.137 e. The molecule has 1 aromatic carbocycles. The molecule has 0 saturated carbocycles. The van der Waals surface area contributed by atoms with Gasteiger partial charge < -0.3 is 5.32 Å². The summed E-state index contributed by atoms with van der Waals surface area (Å²) in [7, 11) is 1.88. The highest BCUT2D eigenvalue weighted by molar-refractivity contribution is 7.99. The standard InChI is InChI=1S/C16H21N3S/c1-11-6-8-12(9-7-11)20-14-10-13(17-5)18-15(19-14)16(2,3)4/h6-10H,1-5H3,(H,17,18,19). The van der Waals surface area contributed by atoms with Gasteiger partial charge in [-0.25, -0.2) is 9.97 Å². The first-order valence-electron chi connectivity index (χ1n) is 6.70. The Hall–Kier alpha value is -1.55. The number of aryl methyl sites for hydroxylation is 1. The molecule has 0 fully saturated rings. The van der Waals surface area contributed by atoms with Gasteiger partial charge in [-0.3, -0.25) is 0 Å². The Morgan fingerprint density at radius 1 is 1.05 bits per heavy atom. The summed E-state index contributed by atoms with van der Waals surface area (Å²) in [6.45, 7) is 8.47. The number of aromatic nitrogens is 2. The molecule has 0 unspecified atom stereocenters. The fourth-order valence-corrected chi connectivity index (χ4v) is 2.48. The lowest BCUT2D eigenvalue weighted by molar-refractivity contribution is 0.539. The summed E-state index contributed by atoms with van der Waals surface area (Å²) in [4.78, 5) is 10.4. The van der Waals surface area contributed by atoms with Crippen molar-refractivity contribution in [2.24, 2.45) is 0 Å². The van der Waals surface area contributed by atoms with E-state index in [4.69, 9.17) is 0 Å². The molecule has 3 nitrogen and oxygen atoms in total. The predicted octanol–water partition coefficient (Wildman–Crippen LogP) is 4.28. The topological polar surface area (TPSA) is 37.8 Å². The zero-order chi connectivity index (χ0) is 14.8. The third kappa shape index (κ3) is 3.73. The Balaban J connectivity index is 2.33. The van der Waals surface area contributed by atoms with Gasteiger partial charge in [0, 0.05) is 23.4 Å². The largest absolute Gasteiger partial charge is 0.373 e. The fourth-order valence-electron chi connectivity index (χ4n) is 1.67. The van der Waals surface area contributed by atoms with Crippen molar-refractivity contribution < 1.29 is 0 Å². The van der Waals surface area contributed by atoms with Crippen LogP contribution < -0.4 is 5.32 Å². The van der Waals surface area contributed by atoms with Crippen LogP contribution in [-0.4, -0.2) is 17.0 Å². The minimum atomic E-state index is -0.0601. The zero-order valence-corrected chi connectivity index (χ0v) is 13.5. The third-order valence-electron chi connectivity index (χ3n) is 2.87. The highest BCUT2D eigenvalue weighted by Crippen LogP contribution is 2.30. The quantitative estimate of drug-likeness (QED) is 0.855. The first-order chi connectivity index (χ1) is 9.38. The smallest absolute Gasteiger partial charge is 0.137 e. The highest BCUT2D eigenvalue weighted by atomic mass is 32.2. The van der Waals surface area contributed by atoms with Crippen LogP contribution in [0.1, 0.15) is 32.2 Å². The van der Waals surface area contributed by atoms with E-state index in [9.17, 15) is 0 Å². The van der Waals surface area contributed by atoms with Crippen molar-refractivity contribution in [1.29, 1.82) is 0 Å². The van der Waals surface area contributed by atoms with Crippen LogP contribution in [-0.2, 0) is 5.41 Å². The van der Waals surface area contributed by atoms with Gasteiger partial charge in [0.05, 0.1) is 0 Å². The van der Waals surface area contributed by atoms with Gasteiger partial charge in [0.15, 0.2) is 0 Å². The SMILES string of the molecule is CNc1cc(Sc2ccc(C)cc2)nc(C(C)(C)C)n1. The lowest BCUT2D eigenvalue weighted by atomic mass is 9.96. The number of benzene rings is 1. The monoisotopic (exact) mass is 287 g/mol. The van der Waals surface area contributed by atoms with Gasteiger partial charge in [-0.2, -0.15) is 0 Å². The highest BCUT2D eigenvalue weighted by Gasteiger charge is 2.19. The van der Waals surface area contributed by atoms with Gasteiger partial charge in [-0.15, -0.1) is 0 Å². The Bertz CT molecular complexity index is 586. The van der Waals surface area contributed by atoms with Crippen molar-refractivity contribution in [3.05, 3.63) is 41.7 Å². The number of hydrogen-bond donors (Lipinski definition) is 1. The van der Waals surface area contributed by atoms with Crippen LogP contribution in [0.4, 0.5) is 5.82 Å². The van der Waals surface area contributed by atoms with Crippen LogP contribution in [0.25, 0.3) is 0 Å². The molecule has 20 heavy (non-hydrogen) atoms. The minimum absolute atomic E-state index is 0.0601. The first kappa shape index (κ1) is 14.9. The van der Waals surface area contributed by atoms with Gasteiger partial charge in [-0.1, -0.05) is 50.2 Å². The molecule has 0 saturated heterocycles. The number of anilines is 1. The molecule has 4 heteroatoms. The number of rotatable bonds is 3. The van der Waals surface area contributed by atoms with Crippen molar-refractivity contribution in [3.63, 3.8) is 0 Å². The van der Waals surface area contributed by atoms with Crippen molar-refractivity contribution in [2.45, 2.75) is 43.0 Å². The molecule has 0 atom stereocenters. The van der Waals surface area contributed by atoms with Crippen molar-refractivity contribution in [2.75, 3.05) is 12.4 Å². The van der Waals surface area contributed by atoms with Crippen molar-refractivity contribution in [3.8, 4) is 0 Å². The summed E-state index contributed by atoms with van der Waals surface area (Å²) in [5.41, 5.74) is 1.21. The van der Waals surface area contributed by atoms with Crippen LogP contribution in [0.3, 0.4) is 0 Å². The molecule has 2 aromatic rings. The first-order valence-corrected chi connectivity index (χ1v) is 7.52. The molecule has 0 amide bonds. The van der Waals surface area contributed by atoms with E-state index in [1.54, 1.807) is 11.8 Å². The van der Waals surface area contributed by atoms with E-state index in [0.29, 0.717) is 0 Å². The van der Waals surface area contributed by atoms with E-state index in [1.807, 2.05) is 13.1 Å². The van der Waals surface area contributed by atoms with Crippen LogP contribution in [0.5, 0.6) is 0 Å². The maximum absolute atomic E-state index is 4.68. The number of nitrogens with one attached hydrogen (secondary N) is 1. The predicted molar refractivity (Wildman–Crippen MR) is 85.6 cm³/mol. The van der Waals surface area contributed by atoms with E-state index in [0.717, 1.165) is 16.7 Å². The molecule has 1 N–H and O–H groups in total. The summed E-state index contributed by atoms with van der Waals surface area (Å²) in [6.07, 6.45) is 0. The van der Waals surface area contributed by atoms with Crippen LogP contribution in [0.15, 0.2) is 40.3 Å². The molecule has 0 aliphatic carbocycles. The van der Waals surface area contributed by atoms with E-state index < -0.39 is 0 Å². The maximum atomic E-state index is 4.68. The molecule has 1 aromatic heterocycles. The molecule has 106 valence electrons. The molecule has 2 rings (SSSR count). The number of nitrogens with zero attached hydrogens (tertiary/aromatic N) is 2. The average molecular weight is 287 g/mol. The Kier molecular flexibility index (Phi) is 4.33. The van der Waals surface area contributed by atoms with Crippen molar-refractivity contribution >= 4 is 17.6 Å².